The first-order chi connectivity index (χ1) is 10.5. The molecule has 0 aromatic carbocycles. The molecule has 1 amide bonds. The Bertz CT molecular complexity index is 662. The third kappa shape index (κ3) is 4.17. The third-order valence-electron chi connectivity index (χ3n) is 3.06. The van der Waals surface area contributed by atoms with Gasteiger partial charge in [-0.25, -0.2) is 9.78 Å². The van der Waals surface area contributed by atoms with Crippen LogP contribution in [0.4, 0.5) is 0 Å². The van der Waals surface area contributed by atoms with Gasteiger partial charge in [-0.3, -0.25) is 4.79 Å². The van der Waals surface area contributed by atoms with E-state index in [1.165, 1.54) is 11.3 Å². The lowest BCUT2D eigenvalue weighted by Gasteiger charge is -2.12. The van der Waals surface area contributed by atoms with Crippen molar-refractivity contribution in [1.29, 1.82) is 0 Å². The van der Waals surface area contributed by atoms with Gasteiger partial charge in [0.25, 0.3) is 0 Å². The van der Waals surface area contributed by atoms with E-state index in [1.807, 2.05) is 26.0 Å². The van der Waals surface area contributed by atoms with Gasteiger partial charge in [0.2, 0.25) is 5.91 Å². The molecule has 2 rings (SSSR count). The molecule has 0 spiro atoms. The monoisotopic (exact) mass is 322 g/mol. The number of thiazole rings is 1. The van der Waals surface area contributed by atoms with E-state index in [0.29, 0.717) is 29.3 Å². The van der Waals surface area contributed by atoms with E-state index in [4.69, 9.17) is 9.52 Å². The molecule has 6 nitrogen and oxygen atoms in total. The number of carbonyl (C=O) groups excluding carboxylic acids is 1. The molecule has 1 unspecified atom stereocenters. The van der Waals surface area contributed by atoms with E-state index in [9.17, 15) is 9.59 Å². The summed E-state index contributed by atoms with van der Waals surface area (Å²) in [6.07, 6.45) is 1.16. The molecule has 118 valence electrons. The van der Waals surface area contributed by atoms with Crippen molar-refractivity contribution in [2.75, 3.05) is 0 Å². The van der Waals surface area contributed by atoms with E-state index >= 15 is 0 Å². The van der Waals surface area contributed by atoms with Crippen LogP contribution < -0.4 is 5.32 Å². The molecule has 22 heavy (non-hydrogen) atoms. The predicted molar refractivity (Wildman–Crippen MR) is 82.7 cm³/mol. The molecule has 0 bridgehead atoms. The van der Waals surface area contributed by atoms with Gasteiger partial charge in [-0.1, -0.05) is 13.3 Å². The Balaban J connectivity index is 1.97. The molecule has 0 radical (unpaired) electrons. The maximum absolute atomic E-state index is 11.9. The molecule has 0 aliphatic heterocycles. The van der Waals surface area contributed by atoms with Crippen LogP contribution in [0.2, 0.25) is 0 Å². The molecule has 0 fully saturated rings. The highest BCUT2D eigenvalue weighted by Gasteiger charge is 2.19. The topological polar surface area (TPSA) is 92.4 Å². The van der Waals surface area contributed by atoms with Crippen molar-refractivity contribution in [1.82, 2.24) is 10.3 Å². The van der Waals surface area contributed by atoms with Gasteiger partial charge in [0, 0.05) is 5.38 Å². The predicted octanol–water partition coefficient (Wildman–Crippen LogP) is 2.62. The van der Waals surface area contributed by atoms with E-state index in [0.717, 1.165) is 5.76 Å². The summed E-state index contributed by atoms with van der Waals surface area (Å²) in [4.78, 5) is 27.3. The maximum atomic E-state index is 11.9. The van der Waals surface area contributed by atoms with Crippen LogP contribution in [0.5, 0.6) is 0 Å². The minimum Gasteiger partial charge on any atom is -0.480 e. The molecule has 0 saturated carbocycles. The highest BCUT2D eigenvalue weighted by atomic mass is 32.1. The van der Waals surface area contributed by atoms with Gasteiger partial charge >= 0.3 is 5.97 Å². The fourth-order valence-electron chi connectivity index (χ4n) is 2.01. The number of nitrogens with one attached hydrogen (secondary N) is 1. The summed E-state index contributed by atoms with van der Waals surface area (Å²) in [7, 11) is 0. The minimum absolute atomic E-state index is 0.0592. The van der Waals surface area contributed by atoms with E-state index in [2.05, 4.69) is 10.3 Å². The van der Waals surface area contributed by atoms with E-state index in [1.54, 1.807) is 5.38 Å². The summed E-state index contributed by atoms with van der Waals surface area (Å²) >= 11 is 1.39. The second-order valence-corrected chi connectivity index (χ2v) is 5.84. The molecule has 7 heteroatoms. The molecule has 1 atom stereocenters. The first kappa shape index (κ1) is 16.2. The lowest BCUT2D eigenvalue weighted by molar-refractivity contribution is -0.141. The van der Waals surface area contributed by atoms with Crippen LogP contribution in [0.15, 0.2) is 21.9 Å². The Morgan fingerprint density at radius 3 is 2.82 bits per heavy atom. The number of nitrogens with zero attached hydrogens (tertiary/aromatic N) is 1. The number of hydrogen-bond donors (Lipinski definition) is 2. The molecule has 0 aliphatic carbocycles. The summed E-state index contributed by atoms with van der Waals surface area (Å²) in [5, 5.41) is 14.0. The lowest BCUT2D eigenvalue weighted by Crippen LogP contribution is -2.41. The lowest BCUT2D eigenvalue weighted by atomic mass is 10.1. The normalized spacial score (nSPS) is 12.1. The SMILES string of the molecule is CCCC(NC(=O)Cc1csc(-c2ccc(C)o2)n1)C(=O)O. The highest BCUT2D eigenvalue weighted by molar-refractivity contribution is 7.13. The standard InChI is InChI=1S/C15H18N2O4S/c1-3-4-11(15(19)20)17-13(18)7-10-8-22-14(16-10)12-6-5-9(2)21-12/h5-6,8,11H,3-4,7H2,1-2H3,(H,17,18)(H,19,20). The Labute approximate surface area is 132 Å². The Kier molecular flexibility index (Phi) is 5.32. The second-order valence-electron chi connectivity index (χ2n) is 4.98. The van der Waals surface area contributed by atoms with Crippen molar-refractivity contribution in [2.45, 2.75) is 39.2 Å². The van der Waals surface area contributed by atoms with Crippen LogP contribution in [0.3, 0.4) is 0 Å². The quantitative estimate of drug-likeness (QED) is 0.817. The van der Waals surface area contributed by atoms with Crippen molar-refractivity contribution >= 4 is 23.2 Å². The number of carboxylic acids is 1. The number of hydrogen-bond acceptors (Lipinski definition) is 5. The molecule has 2 aromatic rings. The van der Waals surface area contributed by atoms with E-state index in [-0.39, 0.29) is 12.3 Å². The van der Waals surface area contributed by atoms with Crippen LogP contribution in [0.1, 0.15) is 31.2 Å². The number of carboxylic acid groups (broad SMARTS) is 1. The molecular formula is C15H18N2O4S. The zero-order valence-corrected chi connectivity index (χ0v) is 13.3. The summed E-state index contributed by atoms with van der Waals surface area (Å²) < 4.78 is 5.49. The number of furan rings is 1. The third-order valence-corrected chi connectivity index (χ3v) is 3.96. The zero-order valence-electron chi connectivity index (χ0n) is 12.5. The summed E-state index contributed by atoms with van der Waals surface area (Å²) in [6.45, 7) is 3.73. The smallest absolute Gasteiger partial charge is 0.326 e. The fourth-order valence-corrected chi connectivity index (χ4v) is 2.79. The number of aromatic nitrogens is 1. The number of carbonyl (C=O) groups is 2. The van der Waals surface area contributed by atoms with Gasteiger partial charge in [0.05, 0.1) is 12.1 Å². The van der Waals surface area contributed by atoms with Gasteiger partial charge in [-0.15, -0.1) is 11.3 Å². The van der Waals surface area contributed by atoms with Gasteiger partial charge in [0.1, 0.15) is 11.8 Å². The summed E-state index contributed by atoms with van der Waals surface area (Å²) in [6, 6.07) is 2.84. The number of rotatable bonds is 7. The van der Waals surface area contributed by atoms with Crippen molar-refractivity contribution in [2.24, 2.45) is 0 Å². The first-order valence-electron chi connectivity index (χ1n) is 7.03. The summed E-state index contributed by atoms with van der Waals surface area (Å²) in [5.41, 5.74) is 0.604. The second kappa shape index (κ2) is 7.22. The highest BCUT2D eigenvalue weighted by Crippen LogP contribution is 2.25. The van der Waals surface area contributed by atoms with Crippen molar-refractivity contribution in [3.8, 4) is 10.8 Å². The Hall–Kier alpha value is -2.15. The minimum atomic E-state index is -1.01. The molecule has 0 saturated heterocycles. The average Bonchev–Trinajstić information content (AvgIpc) is 3.07. The van der Waals surface area contributed by atoms with Crippen molar-refractivity contribution < 1.29 is 19.1 Å². The van der Waals surface area contributed by atoms with Crippen LogP contribution in [-0.2, 0) is 16.0 Å². The summed E-state index contributed by atoms with van der Waals surface area (Å²) in [5.74, 6) is 0.116. The van der Waals surface area contributed by atoms with Gasteiger partial charge in [0.15, 0.2) is 10.8 Å². The largest absolute Gasteiger partial charge is 0.480 e. The molecule has 2 heterocycles. The molecule has 2 N–H and O–H groups in total. The molecule has 0 aliphatic rings. The van der Waals surface area contributed by atoms with E-state index < -0.39 is 12.0 Å². The van der Waals surface area contributed by atoms with Crippen LogP contribution in [0.25, 0.3) is 10.8 Å². The Morgan fingerprint density at radius 1 is 1.45 bits per heavy atom. The number of amides is 1. The Morgan fingerprint density at radius 2 is 2.23 bits per heavy atom. The molecular weight excluding hydrogens is 304 g/mol. The van der Waals surface area contributed by atoms with Gasteiger partial charge in [-0.05, 0) is 25.5 Å². The fraction of sp³-hybridized carbons (Fsp3) is 0.400. The zero-order chi connectivity index (χ0) is 16.1. The molecule has 2 aromatic heterocycles. The van der Waals surface area contributed by atoms with Crippen molar-refractivity contribution in [3.63, 3.8) is 0 Å². The number of aliphatic carboxylic acids is 1. The van der Waals surface area contributed by atoms with Crippen LogP contribution in [0, 0.1) is 6.92 Å². The van der Waals surface area contributed by atoms with Crippen molar-refractivity contribution in [3.05, 3.63) is 29.0 Å². The maximum Gasteiger partial charge on any atom is 0.326 e. The average molecular weight is 322 g/mol. The van der Waals surface area contributed by atoms with Gasteiger partial charge < -0.3 is 14.8 Å². The van der Waals surface area contributed by atoms with Crippen LogP contribution >= 0.6 is 11.3 Å². The first-order valence-corrected chi connectivity index (χ1v) is 7.91. The number of aryl methyl sites for hydroxylation is 1. The van der Waals surface area contributed by atoms with Crippen LogP contribution in [-0.4, -0.2) is 28.0 Å². The van der Waals surface area contributed by atoms with Gasteiger partial charge in [-0.2, -0.15) is 0 Å².